The first-order valence-corrected chi connectivity index (χ1v) is 12.8. The molecule has 40 heavy (non-hydrogen) atoms. The smallest absolute Gasteiger partial charge is 0.323 e. The third-order valence-electron chi connectivity index (χ3n) is 7.02. The Morgan fingerprint density at radius 3 is 1.25 bits per heavy atom. The Hall–Kier alpha value is -4.86. The van der Waals surface area contributed by atoms with Gasteiger partial charge in [0, 0.05) is 11.4 Å². The van der Waals surface area contributed by atoms with E-state index in [-0.39, 0.29) is 47.1 Å². The first-order valence-electron chi connectivity index (χ1n) is 12.8. The molecule has 10 nitrogen and oxygen atoms in total. The highest BCUT2D eigenvalue weighted by Crippen LogP contribution is 2.47. The minimum absolute atomic E-state index is 0.0647. The largest absolute Gasteiger partial charge is 0.465 e. The summed E-state index contributed by atoms with van der Waals surface area (Å²) < 4.78 is 10.3. The number of carbonyl (C=O) groups excluding carboxylic acids is 6. The van der Waals surface area contributed by atoms with Crippen molar-refractivity contribution < 1.29 is 38.2 Å². The minimum Gasteiger partial charge on any atom is -0.465 e. The Kier molecular flexibility index (Phi) is 6.70. The molecule has 2 unspecified atom stereocenters. The molecule has 204 valence electrons. The van der Waals surface area contributed by atoms with Crippen molar-refractivity contribution in [3.05, 3.63) is 82.2 Å². The van der Waals surface area contributed by atoms with E-state index in [1.165, 1.54) is 0 Å². The molecule has 0 saturated carbocycles. The number of ether oxygens (including phenoxy) is 2. The van der Waals surface area contributed by atoms with E-state index in [0.29, 0.717) is 0 Å². The standard InChI is InChI=1S/C30H26N2O8/c1-5-39-29(37)21-19-23(31(27(21)35)17-11-7-15(3)8-12-17)26(34)20-22(30(38)40-6-2)28(36)32(24(20)25(19)33)18-13-9-16(4)10-14-18/h7-14,21-22H,5-6H2,1-4H3. The highest BCUT2D eigenvalue weighted by molar-refractivity contribution is 6.41. The summed E-state index contributed by atoms with van der Waals surface area (Å²) in [7, 11) is 0. The topological polar surface area (TPSA) is 127 Å². The van der Waals surface area contributed by atoms with Crippen LogP contribution in [-0.2, 0) is 38.2 Å². The van der Waals surface area contributed by atoms with Gasteiger partial charge < -0.3 is 9.47 Å². The van der Waals surface area contributed by atoms with Gasteiger partial charge in [-0.05, 0) is 52.0 Å². The van der Waals surface area contributed by atoms with Gasteiger partial charge in [-0.2, -0.15) is 0 Å². The van der Waals surface area contributed by atoms with Crippen LogP contribution >= 0.6 is 0 Å². The lowest BCUT2D eigenvalue weighted by Gasteiger charge is -2.25. The average Bonchev–Trinajstić information content (AvgIpc) is 3.41. The van der Waals surface area contributed by atoms with E-state index < -0.39 is 47.2 Å². The molecule has 0 spiro atoms. The van der Waals surface area contributed by atoms with E-state index in [9.17, 15) is 28.8 Å². The second-order valence-corrected chi connectivity index (χ2v) is 9.57. The number of benzene rings is 2. The van der Waals surface area contributed by atoms with Crippen LogP contribution in [0.1, 0.15) is 25.0 Å². The maximum Gasteiger partial charge on any atom is 0.323 e. The number of Topliss-reactive ketones (excluding diaryl/α,β-unsaturated/α-hetero) is 2. The Labute approximate surface area is 229 Å². The van der Waals surface area contributed by atoms with Crippen molar-refractivity contribution in [2.45, 2.75) is 27.7 Å². The molecule has 0 bridgehead atoms. The summed E-state index contributed by atoms with van der Waals surface area (Å²) in [6, 6.07) is 13.1. The van der Waals surface area contributed by atoms with E-state index in [1.54, 1.807) is 62.4 Å². The van der Waals surface area contributed by atoms with Gasteiger partial charge in [-0.3, -0.25) is 38.6 Å². The summed E-state index contributed by atoms with van der Waals surface area (Å²) in [5.74, 6) is -8.87. The molecular formula is C30H26N2O8. The van der Waals surface area contributed by atoms with Crippen molar-refractivity contribution in [3.8, 4) is 0 Å². The first kappa shape index (κ1) is 26.7. The number of hydrogen-bond donors (Lipinski definition) is 0. The van der Waals surface area contributed by atoms with Crippen molar-refractivity contribution in [2.24, 2.45) is 11.8 Å². The molecule has 2 amide bonds. The van der Waals surface area contributed by atoms with Crippen LogP contribution in [0, 0.1) is 25.7 Å². The van der Waals surface area contributed by atoms with Crippen LogP contribution in [-0.4, -0.2) is 48.5 Å². The lowest BCUT2D eigenvalue weighted by atomic mass is 9.83. The zero-order valence-corrected chi connectivity index (χ0v) is 22.3. The SMILES string of the molecule is CCOC(=O)C1C(=O)N(c2ccc(C)cc2)C2=C1C(=O)C1=C(C2=O)C(C(=O)OCC)C(=O)N1c1ccc(C)cc1. The molecular weight excluding hydrogens is 516 g/mol. The third-order valence-corrected chi connectivity index (χ3v) is 7.02. The Balaban J connectivity index is 1.74. The van der Waals surface area contributed by atoms with Gasteiger partial charge >= 0.3 is 11.9 Å². The maximum atomic E-state index is 14.3. The number of nitrogens with zero attached hydrogens (tertiary/aromatic N) is 2. The van der Waals surface area contributed by atoms with Crippen LogP contribution in [0.25, 0.3) is 0 Å². The van der Waals surface area contributed by atoms with E-state index in [1.807, 2.05) is 13.8 Å². The van der Waals surface area contributed by atoms with Gasteiger partial charge in [0.1, 0.15) is 11.4 Å². The lowest BCUT2D eigenvalue weighted by molar-refractivity contribution is -0.151. The molecule has 0 radical (unpaired) electrons. The Morgan fingerprint density at radius 2 is 0.950 bits per heavy atom. The molecule has 0 saturated heterocycles. The molecule has 0 aromatic heterocycles. The molecule has 10 heteroatoms. The summed E-state index contributed by atoms with van der Waals surface area (Å²) in [6.45, 7) is 6.65. The van der Waals surface area contributed by atoms with Crippen molar-refractivity contribution in [1.29, 1.82) is 0 Å². The number of allylic oxidation sites excluding steroid dienone is 2. The molecule has 2 heterocycles. The molecule has 0 fully saturated rings. The average molecular weight is 543 g/mol. The fourth-order valence-electron chi connectivity index (χ4n) is 5.21. The van der Waals surface area contributed by atoms with E-state index in [0.717, 1.165) is 20.9 Å². The first-order chi connectivity index (χ1) is 19.1. The lowest BCUT2D eigenvalue weighted by Crippen LogP contribution is -2.37. The van der Waals surface area contributed by atoms with E-state index >= 15 is 0 Å². The van der Waals surface area contributed by atoms with Crippen LogP contribution < -0.4 is 9.80 Å². The molecule has 2 aromatic carbocycles. The third kappa shape index (κ3) is 3.95. The number of anilines is 2. The van der Waals surface area contributed by atoms with Gasteiger partial charge in [-0.1, -0.05) is 35.4 Å². The number of ketones is 2. The summed E-state index contributed by atoms with van der Waals surface area (Å²) >= 11 is 0. The van der Waals surface area contributed by atoms with Gasteiger partial charge in [0.05, 0.1) is 24.4 Å². The summed E-state index contributed by atoms with van der Waals surface area (Å²) in [6.07, 6.45) is 0. The minimum atomic E-state index is -1.72. The molecule has 2 aliphatic heterocycles. The van der Waals surface area contributed by atoms with Gasteiger partial charge in [0.2, 0.25) is 11.6 Å². The summed E-state index contributed by atoms with van der Waals surface area (Å²) in [5, 5.41) is 0. The van der Waals surface area contributed by atoms with Crippen LogP contribution in [0.15, 0.2) is 71.1 Å². The number of hydrogen-bond acceptors (Lipinski definition) is 8. The predicted molar refractivity (Wildman–Crippen MR) is 142 cm³/mol. The zero-order valence-electron chi connectivity index (χ0n) is 22.3. The van der Waals surface area contributed by atoms with Gasteiger partial charge in [-0.25, -0.2) is 0 Å². The van der Waals surface area contributed by atoms with Crippen LogP contribution in [0.2, 0.25) is 0 Å². The van der Waals surface area contributed by atoms with Crippen molar-refractivity contribution in [3.63, 3.8) is 0 Å². The number of rotatable bonds is 6. The van der Waals surface area contributed by atoms with Crippen LogP contribution in [0.3, 0.4) is 0 Å². The molecule has 1 aliphatic carbocycles. The zero-order chi connectivity index (χ0) is 28.9. The van der Waals surface area contributed by atoms with Gasteiger partial charge in [0.15, 0.2) is 11.8 Å². The number of aryl methyl sites for hydroxylation is 2. The second kappa shape index (κ2) is 10.0. The van der Waals surface area contributed by atoms with Crippen molar-refractivity contribution in [2.75, 3.05) is 23.0 Å². The highest BCUT2D eigenvalue weighted by Gasteiger charge is 2.60. The fraction of sp³-hybridized carbons (Fsp3) is 0.267. The second-order valence-electron chi connectivity index (χ2n) is 9.57. The predicted octanol–water partition coefficient (Wildman–Crippen LogP) is 2.72. The number of carbonyl (C=O) groups is 6. The van der Waals surface area contributed by atoms with Crippen molar-refractivity contribution in [1.82, 2.24) is 0 Å². The molecule has 3 aliphatic rings. The monoisotopic (exact) mass is 542 g/mol. The molecule has 0 N–H and O–H groups in total. The van der Waals surface area contributed by atoms with Crippen LogP contribution in [0.5, 0.6) is 0 Å². The normalized spacial score (nSPS) is 20.3. The Morgan fingerprint density at radius 1 is 0.625 bits per heavy atom. The quantitative estimate of drug-likeness (QED) is 0.310. The summed E-state index contributed by atoms with van der Waals surface area (Å²) in [5.41, 5.74) is 0.719. The molecule has 5 rings (SSSR count). The Bertz CT molecular complexity index is 1430. The van der Waals surface area contributed by atoms with Crippen LogP contribution in [0.4, 0.5) is 11.4 Å². The van der Waals surface area contributed by atoms with Crippen molar-refractivity contribution >= 4 is 46.7 Å². The summed E-state index contributed by atoms with van der Waals surface area (Å²) in [4.78, 5) is 84.1. The maximum absolute atomic E-state index is 14.3. The van der Waals surface area contributed by atoms with E-state index in [2.05, 4.69) is 0 Å². The number of amides is 2. The van der Waals surface area contributed by atoms with Gasteiger partial charge in [-0.15, -0.1) is 0 Å². The van der Waals surface area contributed by atoms with Gasteiger partial charge in [0.25, 0.3) is 11.8 Å². The van der Waals surface area contributed by atoms with E-state index in [4.69, 9.17) is 9.47 Å². The molecule has 2 aromatic rings. The number of esters is 2. The molecule has 2 atom stereocenters. The highest BCUT2D eigenvalue weighted by atomic mass is 16.5. The fourth-order valence-corrected chi connectivity index (χ4v) is 5.21.